The summed E-state index contributed by atoms with van der Waals surface area (Å²) in [4.78, 5) is 25.8. The van der Waals surface area contributed by atoms with Gasteiger partial charge in [-0.3, -0.25) is 14.5 Å². The molecular formula is C22H44N2O3. The smallest absolute Gasteiger partial charge is 0.325 e. The lowest BCUT2D eigenvalue weighted by Crippen LogP contribution is -2.40. The fraction of sp³-hybridized carbons (Fsp3) is 0.909. The molecule has 1 N–H and O–H groups in total. The quantitative estimate of drug-likeness (QED) is 0.259. The summed E-state index contributed by atoms with van der Waals surface area (Å²) in [6, 6.07) is 0. The van der Waals surface area contributed by atoms with Gasteiger partial charge in [-0.25, -0.2) is 0 Å². The van der Waals surface area contributed by atoms with E-state index in [4.69, 9.17) is 4.74 Å². The lowest BCUT2D eigenvalue weighted by Gasteiger charge is -2.21. The number of carbonyl (C=O) groups is 2. The van der Waals surface area contributed by atoms with Crippen LogP contribution in [0.15, 0.2) is 0 Å². The van der Waals surface area contributed by atoms with Crippen molar-refractivity contribution < 1.29 is 14.3 Å². The number of nitrogens with zero attached hydrogens (tertiary/aromatic N) is 1. The van der Waals surface area contributed by atoms with Crippen LogP contribution in [0.25, 0.3) is 0 Å². The maximum absolute atomic E-state index is 12.1. The molecule has 0 aromatic carbocycles. The van der Waals surface area contributed by atoms with E-state index in [1.165, 1.54) is 64.2 Å². The van der Waals surface area contributed by atoms with Crippen molar-refractivity contribution in [3.8, 4) is 0 Å². The minimum absolute atomic E-state index is 0.0332. The number of hydrogen-bond donors (Lipinski definition) is 1. The van der Waals surface area contributed by atoms with E-state index < -0.39 is 0 Å². The topological polar surface area (TPSA) is 58.6 Å². The molecule has 0 heterocycles. The van der Waals surface area contributed by atoms with Gasteiger partial charge in [0.1, 0.15) is 6.54 Å². The van der Waals surface area contributed by atoms with Crippen LogP contribution in [0.3, 0.4) is 0 Å². The monoisotopic (exact) mass is 384 g/mol. The fourth-order valence-electron chi connectivity index (χ4n) is 3.14. The van der Waals surface area contributed by atoms with Crippen LogP contribution in [0.1, 0.15) is 97.8 Å². The molecular weight excluding hydrogens is 340 g/mol. The van der Waals surface area contributed by atoms with Crippen LogP contribution in [0.5, 0.6) is 0 Å². The van der Waals surface area contributed by atoms with Gasteiger partial charge in [0, 0.05) is 0 Å². The SMILES string of the molecule is CCCCCCCCN(CCCCCCCC)CC(=O)NCC(=O)OCC. The fourth-order valence-corrected chi connectivity index (χ4v) is 3.14. The molecule has 0 saturated heterocycles. The molecule has 0 rings (SSSR count). The van der Waals surface area contributed by atoms with E-state index in [9.17, 15) is 9.59 Å². The normalized spacial score (nSPS) is 11.0. The maximum atomic E-state index is 12.1. The van der Waals surface area contributed by atoms with Crippen LogP contribution in [0, 0.1) is 0 Å². The number of hydrogen-bond acceptors (Lipinski definition) is 4. The first-order chi connectivity index (χ1) is 13.1. The zero-order valence-electron chi connectivity index (χ0n) is 18.2. The highest BCUT2D eigenvalue weighted by Gasteiger charge is 2.12. The highest BCUT2D eigenvalue weighted by Crippen LogP contribution is 2.09. The minimum Gasteiger partial charge on any atom is -0.465 e. The van der Waals surface area contributed by atoms with Gasteiger partial charge in [0.25, 0.3) is 0 Å². The summed E-state index contributed by atoms with van der Waals surface area (Å²) in [5.74, 6) is -0.454. The molecule has 0 radical (unpaired) electrons. The van der Waals surface area contributed by atoms with Crippen molar-refractivity contribution in [3.05, 3.63) is 0 Å². The summed E-state index contributed by atoms with van der Waals surface area (Å²) < 4.78 is 4.85. The Labute approximate surface area is 167 Å². The molecule has 5 nitrogen and oxygen atoms in total. The Bertz CT molecular complexity index is 345. The van der Waals surface area contributed by atoms with Crippen LogP contribution in [0.4, 0.5) is 0 Å². The molecule has 0 aliphatic carbocycles. The molecule has 0 aliphatic heterocycles. The zero-order chi connectivity index (χ0) is 20.2. The molecule has 27 heavy (non-hydrogen) atoms. The molecule has 0 aromatic rings. The number of carbonyl (C=O) groups excluding carboxylic acids is 2. The van der Waals surface area contributed by atoms with Crippen LogP contribution in [-0.2, 0) is 14.3 Å². The predicted molar refractivity (Wildman–Crippen MR) is 113 cm³/mol. The van der Waals surface area contributed by atoms with E-state index in [0.29, 0.717) is 13.2 Å². The van der Waals surface area contributed by atoms with E-state index >= 15 is 0 Å². The minimum atomic E-state index is -0.371. The molecule has 0 atom stereocenters. The molecule has 1 amide bonds. The average Bonchev–Trinajstić information content (AvgIpc) is 2.65. The lowest BCUT2D eigenvalue weighted by atomic mass is 10.1. The Morgan fingerprint density at radius 2 is 1.22 bits per heavy atom. The van der Waals surface area contributed by atoms with Gasteiger partial charge in [0.2, 0.25) is 5.91 Å². The van der Waals surface area contributed by atoms with Crippen molar-refractivity contribution in [2.45, 2.75) is 97.8 Å². The first-order valence-electron chi connectivity index (χ1n) is 11.3. The second-order valence-electron chi connectivity index (χ2n) is 7.39. The number of ether oxygens (including phenoxy) is 1. The predicted octanol–water partition coefficient (Wildman–Crippen LogP) is 4.69. The van der Waals surface area contributed by atoms with Crippen LogP contribution < -0.4 is 5.32 Å². The van der Waals surface area contributed by atoms with Gasteiger partial charge in [-0.15, -0.1) is 0 Å². The molecule has 0 fully saturated rings. The Balaban J connectivity index is 4.12. The van der Waals surface area contributed by atoms with E-state index in [1.54, 1.807) is 6.92 Å². The van der Waals surface area contributed by atoms with Crippen LogP contribution in [0.2, 0.25) is 0 Å². The van der Waals surface area contributed by atoms with E-state index in [0.717, 1.165) is 25.9 Å². The second kappa shape index (κ2) is 19.7. The molecule has 0 aliphatic rings. The van der Waals surface area contributed by atoms with Crippen molar-refractivity contribution in [2.75, 3.05) is 32.8 Å². The Morgan fingerprint density at radius 1 is 0.741 bits per heavy atom. The van der Waals surface area contributed by atoms with Gasteiger partial charge in [-0.1, -0.05) is 78.1 Å². The van der Waals surface area contributed by atoms with Crippen molar-refractivity contribution in [1.82, 2.24) is 10.2 Å². The number of unbranched alkanes of at least 4 members (excludes halogenated alkanes) is 10. The highest BCUT2D eigenvalue weighted by molar-refractivity contribution is 5.83. The third kappa shape index (κ3) is 18.0. The molecule has 0 spiro atoms. The standard InChI is InChI=1S/C22H44N2O3/c1-4-7-9-11-13-15-17-24(18-16-14-12-10-8-5-2)20-21(25)23-19-22(26)27-6-3/h4-20H2,1-3H3,(H,23,25). The van der Waals surface area contributed by atoms with Crippen LogP contribution >= 0.6 is 0 Å². The third-order valence-corrected chi connectivity index (χ3v) is 4.76. The highest BCUT2D eigenvalue weighted by atomic mass is 16.5. The number of esters is 1. The van der Waals surface area contributed by atoms with Gasteiger partial charge in [0.05, 0.1) is 13.2 Å². The Morgan fingerprint density at radius 3 is 1.70 bits per heavy atom. The Hall–Kier alpha value is -1.10. The average molecular weight is 385 g/mol. The van der Waals surface area contributed by atoms with Gasteiger partial charge in [-0.2, -0.15) is 0 Å². The first kappa shape index (κ1) is 25.9. The summed E-state index contributed by atoms with van der Waals surface area (Å²) in [7, 11) is 0. The van der Waals surface area contributed by atoms with Gasteiger partial charge < -0.3 is 10.1 Å². The molecule has 160 valence electrons. The summed E-state index contributed by atoms with van der Waals surface area (Å²) >= 11 is 0. The van der Waals surface area contributed by atoms with Gasteiger partial charge >= 0.3 is 5.97 Å². The zero-order valence-corrected chi connectivity index (χ0v) is 18.2. The summed E-state index contributed by atoms with van der Waals surface area (Å²) in [5, 5.41) is 2.68. The van der Waals surface area contributed by atoms with Crippen LogP contribution in [-0.4, -0.2) is 49.6 Å². The van der Waals surface area contributed by atoms with Crippen molar-refractivity contribution in [3.63, 3.8) is 0 Å². The third-order valence-electron chi connectivity index (χ3n) is 4.76. The lowest BCUT2D eigenvalue weighted by molar-refractivity contribution is -0.143. The number of amides is 1. The van der Waals surface area contributed by atoms with E-state index in [2.05, 4.69) is 24.1 Å². The largest absolute Gasteiger partial charge is 0.465 e. The van der Waals surface area contributed by atoms with Crippen molar-refractivity contribution >= 4 is 11.9 Å². The molecule has 0 unspecified atom stereocenters. The Kier molecular flexibility index (Phi) is 18.9. The van der Waals surface area contributed by atoms with E-state index in [1.807, 2.05) is 0 Å². The molecule has 5 heteroatoms. The van der Waals surface area contributed by atoms with Crippen molar-refractivity contribution in [2.24, 2.45) is 0 Å². The summed E-state index contributed by atoms with van der Waals surface area (Å²) in [6.45, 7) is 8.85. The summed E-state index contributed by atoms with van der Waals surface area (Å²) in [6.07, 6.45) is 15.1. The molecule has 0 bridgehead atoms. The van der Waals surface area contributed by atoms with Gasteiger partial charge in [-0.05, 0) is 32.9 Å². The first-order valence-corrected chi connectivity index (χ1v) is 11.3. The van der Waals surface area contributed by atoms with Crippen molar-refractivity contribution in [1.29, 1.82) is 0 Å². The molecule has 0 aromatic heterocycles. The van der Waals surface area contributed by atoms with Gasteiger partial charge in [0.15, 0.2) is 0 Å². The number of nitrogens with one attached hydrogen (secondary N) is 1. The second-order valence-corrected chi connectivity index (χ2v) is 7.39. The molecule has 0 saturated carbocycles. The maximum Gasteiger partial charge on any atom is 0.325 e. The van der Waals surface area contributed by atoms with E-state index in [-0.39, 0.29) is 18.4 Å². The summed E-state index contributed by atoms with van der Waals surface area (Å²) in [5.41, 5.74) is 0. The number of rotatable bonds is 19.